The average molecular weight is 232 g/mol. The van der Waals surface area contributed by atoms with Crippen molar-refractivity contribution < 1.29 is 14.7 Å². The number of allylic oxidation sites excluding steroid dienone is 2. The maximum Gasteiger partial charge on any atom is 0.295 e. The van der Waals surface area contributed by atoms with Crippen molar-refractivity contribution >= 4 is 11.7 Å². The van der Waals surface area contributed by atoms with Crippen LogP contribution in [0.25, 0.3) is 0 Å². The van der Waals surface area contributed by atoms with Crippen LogP contribution < -0.4 is 0 Å². The van der Waals surface area contributed by atoms with Crippen LogP contribution in [-0.4, -0.2) is 16.8 Å². The Morgan fingerprint density at radius 1 is 1.06 bits per heavy atom. The normalized spacial score (nSPS) is 12.4. The van der Waals surface area contributed by atoms with Gasteiger partial charge in [0.25, 0.3) is 5.91 Å². The van der Waals surface area contributed by atoms with Gasteiger partial charge in [0.1, 0.15) is 5.76 Å². The predicted molar refractivity (Wildman–Crippen MR) is 61.6 cm³/mol. The molecule has 17 heavy (non-hydrogen) atoms. The van der Waals surface area contributed by atoms with E-state index in [4.69, 9.17) is 5.11 Å². The van der Waals surface area contributed by atoms with Crippen LogP contribution in [0.15, 0.2) is 52.0 Å². The fourth-order valence-corrected chi connectivity index (χ4v) is 1.13. The maximum absolute atomic E-state index is 11.5. The second kappa shape index (κ2) is 5.69. The smallest absolute Gasteiger partial charge is 0.295 e. The molecule has 5 nitrogen and oxygen atoms in total. The second-order valence-corrected chi connectivity index (χ2v) is 3.36. The van der Waals surface area contributed by atoms with Gasteiger partial charge in [-0.05, 0) is 19.1 Å². The third-order valence-corrected chi connectivity index (χ3v) is 1.94. The lowest BCUT2D eigenvalue weighted by Gasteiger charge is -1.96. The number of aliphatic hydroxyl groups excluding tert-OH is 1. The third kappa shape index (κ3) is 3.64. The zero-order valence-electron chi connectivity index (χ0n) is 9.54. The maximum atomic E-state index is 11.5. The molecule has 1 rings (SSSR count). The number of carbonyl (C=O) groups is 2. The van der Waals surface area contributed by atoms with Crippen LogP contribution in [0.1, 0.15) is 24.2 Å². The summed E-state index contributed by atoms with van der Waals surface area (Å²) in [5.41, 5.74) is 0.157. The molecule has 0 atom stereocenters. The lowest BCUT2D eigenvalue weighted by atomic mass is 10.2. The van der Waals surface area contributed by atoms with E-state index in [0.717, 1.165) is 0 Å². The van der Waals surface area contributed by atoms with Crippen molar-refractivity contribution in [2.24, 2.45) is 10.2 Å². The number of hydrogen-bond donors (Lipinski definition) is 1. The Labute approximate surface area is 98.5 Å². The second-order valence-electron chi connectivity index (χ2n) is 3.36. The molecular formula is C12H12N2O3. The van der Waals surface area contributed by atoms with Gasteiger partial charge in [-0.2, -0.15) is 0 Å². The van der Waals surface area contributed by atoms with Gasteiger partial charge in [-0.3, -0.25) is 9.59 Å². The molecule has 1 aromatic rings. The Kier molecular flexibility index (Phi) is 4.28. The number of amides is 1. The van der Waals surface area contributed by atoms with E-state index in [0.29, 0.717) is 5.56 Å². The number of carbonyl (C=O) groups excluding carboxylic acids is 2. The van der Waals surface area contributed by atoms with E-state index >= 15 is 0 Å². The molecule has 0 aliphatic heterocycles. The monoisotopic (exact) mass is 232 g/mol. The largest absolute Gasteiger partial charge is 0.510 e. The molecular weight excluding hydrogens is 220 g/mol. The first-order chi connectivity index (χ1) is 8.02. The van der Waals surface area contributed by atoms with E-state index in [1.54, 1.807) is 30.3 Å². The molecule has 5 heteroatoms. The quantitative estimate of drug-likeness (QED) is 0.494. The van der Waals surface area contributed by atoms with Crippen LogP contribution in [0, 0.1) is 0 Å². The number of hydrogen-bond acceptors (Lipinski definition) is 4. The lowest BCUT2D eigenvalue weighted by molar-refractivity contribution is -0.113. The van der Waals surface area contributed by atoms with E-state index in [2.05, 4.69) is 10.2 Å². The fraction of sp³-hybridized carbons (Fsp3) is 0.167. The van der Waals surface area contributed by atoms with Crippen LogP contribution in [0.4, 0.5) is 0 Å². The van der Waals surface area contributed by atoms with Crippen molar-refractivity contribution in [1.82, 2.24) is 0 Å². The summed E-state index contributed by atoms with van der Waals surface area (Å²) in [6.45, 7) is 2.55. The van der Waals surface area contributed by atoms with Crippen LogP contribution in [0.5, 0.6) is 0 Å². The molecule has 0 aliphatic rings. The molecule has 0 unspecified atom stereocenters. The number of azo groups is 1. The summed E-state index contributed by atoms with van der Waals surface area (Å²) in [4.78, 5) is 22.6. The minimum atomic E-state index is -0.564. The predicted octanol–water partition coefficient (Wildman–Crippen LogP) is 2.66. The molecule has 0 spiro atoms. The van der Waals surface area contributed by atoms with E-state index in [1.165, 1.54) is 13.8 Å². The summed E-state index contributed by atoms with van der Waals surface area (Å²) in [6, 6.07) is 8.34. The molecule has 1 aromatic carbocycles. The number of ketones is 1. The number of aliphatic hydroxyl groups is 1. The topological polar surface area (TPSA) is 79.1 Å². The highest BCUT2D eigenvalue weighted by Crippen LogP contribution is 2.07. The summed E-state index contributed by atoms with van der Waals surface area (Å²) >= 11 is 0. The molecule has 0 radical (unpaired) electrons. The van der Waals surface area contributed by atoms with Gasteiger partial charge in [0.15, 0.2) is 11.5 Å². The molecule has 0 aromatic heterocycles. The highest BCUT2D eigenvalue weighted by molar-refractivity contribution is 5.96. The van der Waals surface area contributed by atoms with Crippen LogP contribution >= 0.6 is 0 Å². The highest BCUT2D eigenvalue weighted by Gasteiger charge is 2.08. The summed E-state index contributed by atoms with van der Waals surface area (Å²) in [5.74, 6) is -1.28. The molecule has 0 bridgehead atoms. The van der Waals surface area contributed by atoms with Gasteiger partial charge in [-0.25, -0.2) is 0 Å². The number of Topliss-reactive ketones (excluding diaryl/α,β-unsaturated/α-hetero) is 1. The van der Waals surface area contributed by atoms with E-state index in [9.17, 15) is 9.59 Å². The first kappa shape index (κ1) is 12.8. The van der Waals surface area contributed by atoms with E-state index in [-0.39, 0.29) is 11.5 Å². The Balaban J connectivity index is 2.89. The van der Waals surface area contributed by atoms with Gasteiger partial charge in [0.05, 0.1) is 0 Å². The van der Waals surface area contributed by atoms with Crippen molar-refractivity contribution in [2.45, 2.75) is 13.8 Å². The molecule has 0 heterocycles. The van der Waals surface area contributed by atoms with Crippen LogP contribution in [0.2, 0.25) is 0 Å². The first-order valence-corrected chi connectivity index (χ1v) is 4.94. The first-order valence-electron chi connectivity index (χ1n) is 4.94. The molecule has 1 amide bonds. The van der Waals surface area contributed by atoms with Crippen molar-refractivity contribution in [3.8, 4) is 0 Å². The summed E-state index contributed by atoms with van der Waals surface area (Å²) < 4.78 is 0. The third-order valence-electron chi connectivity index (χ3n) is 1.94. The van der Waals surface area contributed by atoms with Crippen molar-refractivity contribution in [3.63, 3.8) is 0 Å². The number of benzene rings is 1. The van der Waals surface area contributed by atoms with Crippen molar-refractivity contribution in [3.05, 3.63) is 47.4 Å². The lowest BCUT2D eigenvalue weighted by Crippen LogP contribution is -1.99. The van der Waals surface area contributed by atoms with Gasteiger partial charge in [-0.1, -0.05) is 18.2 Å². The zero-order chi connectivity index (χ0) is 12.8. The number of nitrogens with zero attached hydrogens (tertiary/aromatic N) is 2. The summed E-state index contributed by atoms with van der Waals surface area (Å²) in [7, 11) is 0. The minimum absolute atomic E-state index is 0.214. The summed E-state index contributed by atoms with van der Waals surface area (Å²) in [5, 5.41) is 16.0. The van der Waals surface area contributed by atoms with Crippen LogP contribution in [0.3, 0.4) is 0 Å². The highest BCUT2D eigenvalue weighted by atomic mass is 16.3. The van der Waals surface area contributed by atoms with Gasteiger partial charge in [-0.15, -0.1) is 10.2 Å². The standard InChI is InChI=1S/C12H12N2O3/c1-8(15)11(9(2)16)13-14-12(17)10-6-4-3-5-7-10/h3-7,15H,1-2H3/b11-8-,14-13?. The van der Waals surface area contributed by atoms with Gasteiger partial charge in [0, 0.05) is 12.5 Å². The van der Waals surface area contributed by atoms with Gasteiger partial charge >= 0.3 is 0 Å². The fourth-order valence-electron chi connectivity index (χ4n) is 1.13. The number of rotatable bonds is 3. The molecule has 0 fully saturated rings. The molecule has 1 N–H and O–H groups in total. The van der Waals surface area contributed by atoms with Crippen LogP contribution in [-0.2, 0) is 4.79 Å². The van der Waals surface area contributed by atoms with E-state index in [1.807, 2.05) is 0 Å². The Morgan fingerprint density at radius 2 is 1.65 bits per heavy atom. The van der Waals surface area contributed by atoms with Crippen molar-refractivity contribution in [1.29, 1.82) is 0 Å². The molecule has 0 saturated carbocycles. The Bertz CT molecular complexity index is 486. The Hall–Kier alpha value is -2.30. The van der Waals surface area contributed by atoms with E-state index < -0.39 is 11.7 Å². The van der Waals surface area contributed by atoms with Crippen molar-refractivity contribution in [2.75, 3.05) is 0 Å². The Morgan fingerprint density at radius 3 is 2.12 bits per heavy atom. The summed E-state index contributed by atoms with van der Waals surface area (Å²) in [6.07, 6.45) is 0. The van der Waals surface area contributed by atoms with Gasteiger partial charge in [0.2, 0.25) is 0 Å². The molecule has 88 valence electrons. The van der Waals surface area contributed by atoms with Gasteiger partial charge < -0.3 is 5.11 Å². The SMILES string of the molecule is CC(=O)/C(N=NC(=O)c1ccccc1)=C(\C)O. The zero-order valence-corrected chi connectivity index (χ0v) is 9.54. The minimum Gasteiger partial charge on any atom is -0.510 e. The molecule has 0 aliphatic carbocycles. The average Bonchev–Trinajstić information content (AvgIpc) is 2.29. The molecule has 0 saturated heterocycles.